The third-order valence-electron chi connectivity index (χ3n) is 1.72. The van der Waals surface area contributed by atoms with Gasteiger partial charge in [0.25, 0.3) is 0 Å². The first-order valence-electron chi connectivity index (χ1n) is 4.26. The van der Waals surface area contributed by atoms with E-state index in [0.29, 0.717) is 0 Å². The van der Waals surface area contributed by atoms with Crippen molar-refractivity contribution in [2.45, 2.75) is 20.3 Å². The molecule has 0 aromatic carbocycles. The van der Waals surface area contributed by atoms with Gasteiger partial charge < -0.3 is 4.98 Å². The van der Waals surface area contributed by atoms with Gasteiger partial charge in [-0.15, -0.1) is 0 Å². The second-order valence-electron chi connectivity index (χ2n) is 2.84. The summed E-state index contributed by atoms with van der Waals surface area (Å²) in [6.45, 7) is 7.88. The van der Waals surface area contributed by atoms with Crippen molar-refractivity contribution < 1.29 is 0 Å². The van der Waals surface area contributed by atoms with E-state index >= 15 is 0 Å². The van der Waals surface area contributed by atoms with Gasteiger partial charge in [0.05, 0.1) is 0 Å². The maximum atomic E-state index is 3.68. The molecule has 0 saturated heterocycles. The van der Waals surface area contributed by atoms with Gasteiger partial charge in [0, 0.05) is 11.0 Å². The van der Waals surface area contributed by atoms with Crippen LogP contribution in [-0.4, -0.2) is 4.98 Å². The van der Waals surface area contributed by atoms with Crippen molar-refractivity contribution in [1.29, 1.82) is 0 Å². The number of rotatable bonds is 2. The molecular weight excluding hydrogens is 146 g/mol. The lowest BCUT2D eigenvalue weighted by Crippen LogP contribution is -2.21. The Labute approximate surface area is 73.1 Å². The summed E-state index contributed by atoms with van der Waals surface area (Å²) in [6, 6.07) is 2.13. The first kappa shape index (κ1) is 8.85. The van der Waals surface area contributed by atoms with E-state index < -0.39 is 0 Å². The smallest absolute Gasteiger partial charge is 0.0415 e. The van der Waals surface area contributed by atoms with E-state index in [-0.39, 0.29) is 0 Å². The van der Waals surface area contributed by atoms with Crippen LogP contribution in [0, 0.1) is 6.92 Å². The number of hydrogen-bond acceptors (Lipinski definition) is 0. The molecule has 0 amide bonds. The number of allylic oxidation sites excluding steroid dienone is 1. The van der Waals surface area contributed by atoms with Crippen LogP contribution < -0.4 is 10.6 Å². The normalized spacial score (nSPS) is 13.8. The van der Waals surface area contributed by atoms with Gasteiger partial charge in [0.15, 0.2) is 0 Å². The number of aromatic amines is 1. The Hall–Kier alpha value is -1.24. The first-order chi connectivity index (χ1) is 5.77. The summed E-state index contributed by atoms with van der Waals surface area (Å²) < 4.78 is 0. The molecule has 64 valence electrons. The molecule has 0 saturated carbocycles. The van der Waals surface area contributed by atoms with E-state index in [9.17, 15) is 0 Å². The van der Waals surface area contributed by atoms with E-state index in [2.05, 4.69) is 37.6 Å². The molecule has 0 spiro atoms. The molecule has 0 atom stereocenters. The molecule has 0 unspecified atom stereocenters. The fourth-order valence-electron chi connectivity index (χ4n) is 1.27. The van der Waals surface area contributed by atoms with Crippen molar-refractivity contribution in [2.24, 2.45) is 0 Å². The number of aryl methyl sites for hydroxylation is 1. The topological polar surface area (TPSA) is 15.8 Å². The maximum absolute atomic E-state index is 3.68. The molecule has 1 heteroatoms. The Kier molecular flexibility index (Phi) is 2.92. The molecule has 0 bridgehead atoms. The third kappa shape index (κ3) is 1.88. The van der Waals surface area contributed by atoms with Gasteiger partial charge in [0.1, 0.15) is 0 Å². The van der Waals surface area contributed by atoms with Gasteiger partial charge >= 0.3 is 0 Å². The maximum Gasteiger partial charge on any atom is 0.0415 e. The number of hydrogen-bond donors (Lipinski definition) is 1. The van der Waals surface area contributed by atoms with Crippen LogP contribution in [0.2, 0.25) is 0 Å². The van der Waals surface area contributed by atoms with Gasteiger partial charge in [-0.05, 0) is 24.6 Å². The van der Waals surface area contributed by atoms with Gasteiger partial charge in [0.2, 0.25) is 0 Å². The lowest BCUT2D eigenvalue weighted by atomic mass is 10.3. The first-order valence-corrected chi connectivity index (χ1v) is 4.26. The van der Waals surface area contributed by atoms with E-state index in [4.69, 9.17) is 0 Å². The minimum Gasteiger partial charge on any atom is -0.359 e. The Morgan fingerprint density at radius 2 is 2.33 bits per heavy atom. The lowest BCUT2D eigenvalue weighted by Gasteiger charge is -1.79. The highest BCUT2D eigenvalue weighted by molar-refractivity contribution is 5.37. The van der Waals surface area contributed by atoms with Crippen molar-refractivity contribution in [1.82, 2.24) is 4.98 Å². The second-order valence-corrected chi connectivity index (χ2v) is 2.84. The lowest BCUT2D eigenvalue weighted by molar-refractivity contribution is 1.19. The molecule has 0 fully saturated rings. The van der Waals surface area contributed by atoms with E-state index in [1.807, 2.05) is 12.2 Å². The van der Waals surface area contributed by atoms with Crippen LogP contribution >= 0.6 is 0 Å². The van der Waals surface area contributed by atoms with Gasteiger partial charge in [-0.2, -0.15) is 0 Å². The van der Waals surface area contributed by atoms with Crippen molar-refractivity contribution in [3.05, 3.63) is 35.0 Å². The standard InChI is InChI=1S/C11H15N/c1-4-6-10-8-9(3)12-11(10)7-5-2/h4,6-8,12H,1,5H2,2-3H3/b10-6-,11-7+. The van der Waals surface area contributed by atoms with Crippen molar-refractivity contribution in [3.63, 3.8) is 0 Å². The van der Waals surface area contributed by atoms with Crippen LogP contribution in [0.25, 0.3) is 12.2 Å². The molecule has 0 aliphatic carbocycles. The Morgan fingerprint density at radius 1 is 1.58 bits per heavy atom. The zero-order valence-electron chi connectivity index (χ0n) is 7.72. The van der Waals surface area contributed by atoms with Crippen molar-refractivity contribution in [3.8, 4) is 0 Å². The average Bonchev–Trinajstić information content (AvgIpc) is 2.33. The highest BCUT2D eigenvalue weighted by Gasteiger charge is 1.87. The van der Waals surface area contributed by atoms with E-state index in [1.54, 1.807) is 0 Å². The minimum atomic E-state index is 1.05. The van der Waals surface area contributed by atoms with Crippen LogP contribution in [0.15, 0.2) is 18.7 Å². The van der Waals surface area contributed by atoms with E-state index in [0.717, 1.165) is 6.42 Å². The largest absolute Gasteiger partial charge is 0.359 e. The summed E-state index contributed by atoms with van der Waals surface area (Å²) >= 11 is 0. The predicted octanol–water partition coefficient (Wildman–Crippen LogP) is 1.48. The Bertz CT molecular complexity index is 368. The van der Waals surface area contributed by atoms with Crippen LogP contribution in [0.4, 0.5) is 0 Å². The van der Waals surface area contributed by atoms with Crippen LogP contribution in [0.3, 0.4) is 0 Å². The fourth-order valence-corrected chi connectivity index (χ4v) is 1.27. The van der Waals surface area contributed by atoms with Crippen LogP contribution in [0.5, 0.6) is 0 Å². The molecule has 0 aliphatic rings. The molecular formula is C11H15N. The highest BCUT2D eigenvalue weighted by Crippen LogP contribution is 1.81. The summed E-state index contributed by atoms with van der Waals surface area (Å²) in [6.07, 6.45) is 7.07. The molecule has 1 heterocycles. The van der Waals surface area contributed by atoms with Crippen molar-refractivity contribution >= 4 is 12.2 Å². The third-order valence-corrected chi connectivity index (χ3v) is 1.72. The van der Waals surface area contributed by atoms with Crippen LogP contribution in [0.1, 0.15) is 19.0 Å². The Balaban J connectivity index is 3.37. The quantitative estimate of drug-likeness (QED) is 0.676. The van der Waals surface area contributed by atoms with Gasteiger partial charge in [-0.3, -0.25) is 0 Å². The zero-order chi connectivity index (χ0) is 8.97. The molecule has 1 N–H and O–H groups in total. The summed E-state index contributed by atoms with van der Waals surface area (Å²) in [5.74, 6) is 0. The minimum absolute atomic E-state index is 1.05. The number of nitrogens with one attached hydrogen (secondary N) is 1. The Morgan fingerprint density at radius 3 is 2.92 bits per heavy atom. The number of aromatic nitrogens is 1. The van der Waals surface area contributed by atoms with Crippen LogP contribution in [-0.2, 0) is 0 Å². The molecule has 0 aliphatic heterocycles. The highest BCUT2D eigenvalue weighted by atomic mass is 14.7. The average molecular weight is 161 g/mol. The fraction of sp³-hybridized carbons (Fsp3) is 0.273. The molecule has 1 nitrogen and oxygen atoms in total. The van der Waals surface area contributed by atoms with Crippen molar-refractivity contribution in [2.75, 3.05) is 0 Å². The zero-order valence-corrected chi connectivity index (χ0v) is 7.72. The molecule has 1 aromatic heterocycles. The predicted molar refractivity (Wildman–Crippen MR) is 54.2 cm³/mol. The molecule has 1 rings (SSSR count). The van der Waals surface area contributed by atoms with E-state index in [1.165, 1.54) is 16.3 Å². The van der Waals surface area contributed by atoms with Gasteiger partial charge in [-0.25, -0.2) is 0 Å². The number of H-pyrrole nitrogens is 1. The second kappa shape index (κ2) is 3.96. The molecule has 1 aromatic rings. The monoisotopic (exact) mass is 161 g/mol. The SMILES string of the molecule is C=C/C=c1/cc(C)[nH]/c1=C/CC. The molecule has 0 radical (unpaired) electrons. The summed E-state index contributed by atoms with van der Waals surface area (Å²) in [5, 5.41) is 2.43. The summed E-state index contributed by atoms with van der Waals surface area (Å²) in [5.41, 5.74) is 1.20. The molecule has 12 heavy (non-hydrogen) atoms. The summed E-state index contributed by atoms with van der Waals surface area (Å²) in [4.78, 5) is 3.30. The summed E-state index contributed by atoms with van der Waals surface area (Å²) in [7, 11) is 0. The van der Waals surface area contributed by atoms with Gasteiger partial charge in [-0.1, -0.05) is 31.7 Å².